The van der Waals surface area contributed by atoms with Crippen molar-refractivity contribution in [1.82, 2.24) is 10.3 Å². The van der Waals surface area contributed by atoms with E-state index in [1.165, 1.54) is 25.4 Å². The fraction of sp³-hybridized carbons (Fsp3) is 0.417. The number of primary amides is 1. The molecule has 1 aromatic heterocycles. The standard InChI is InChI=1S/C24H27FN4O5/c1-29-17-11-15(10-14-4-6-16(25)7-5-14)12-27-18(17)19(31)24(20(26)32,22(29)34)21(33)28-23(13-30)8-2-3-9-23/h4-7,11-12,19,30-31H,2-3,8-10,13H2,1H3,(H2,26,32)(H,28,33). The van der Waals surface area contributed by atoms with E-state index in [-0.39, 0.29) is 23.8 Å². The number of aromatic nitrogens is 1. The van der Waals surface area contributed by atoms with Crippen molar-refractivity contribution in [2.75, 3.05) is 18.6 Å². The van der Waals surface area contributed by atoms with Gasteiger partial charge in [0.1, 0.15) is 11.9 Å². The van der Waals surface area contributed by atoms with Gasteiger partial charge >= 0.3 is 0 Å². The highest BCUT2D eigenvalue weighted by Crippen LogP contribution is 2.45. The number of nitrogens with one attached hydrogen (secondary N) is 1. The average Bonchev–Trinajstić information content (AvgIpc) is 3.28. The summed E-state index contributed by atoms with van der Waals surface area (Å²) in [5.74, 6) is -3.70. The van der Waals surface area contributed by atoms with Crippen LogP contribution in [0.2, 0.25) is 0 Å². The highest BCUT2D eigenvalue weighted by molar-refractivity contribution is 6.27. The monoisotopic (exact) mass is 470 g/mol. The number of carbonyl (C=O) groups excluding carboxylic acids is 3. The van der Waals surface area contributed by atoms with E-state index >= 15 is 0 Å². The van der Waals surface area contributed by atoms with Crippen LogP contribution >= 0.6 is 0 Å². The maximum Gasteiger partial charge on any atom is 0.255 e. The number of benzene rings is 1. The molecule has 180 valence electrons. The molecule has 2 heterocycles. The topological polar surface area (TPSA) is 146 Å². The molecule has 5 N–H and O–H groups in total. The van der Waals surface area contributed by atoms with Crippen LogP contribution in [0.4, 0.5) is 10.1 Å². The average molecular weight is 471 g/mol. The van der Waals surface area contributed by atoms with E-state index in [9.17, 15) is 29.0 Å². The van der Waals surface area contributed by atoms with Gasteiger partial charge in [0.2, 0.25) is 17.2 Å². The minimum atomic E-state index is -2.63. The van der Waals surface area contributed by atoms with E-state index in [1.54, 1.807) is 18.2 Å². The van der Waals surface area contributed by atoms with Gasteiger partial charge in [0.25, 0.3) is 5.91 Å². The van der Waals surface area contributed by atoms with Gasteiger partial charge in [0.15, 0.2) is 0 Å². The molecule has 0 spiro atoms. The molecule has 3 amide bonds. The van der Waals surface area contributed by atoms with Crippen molar-refractivity contribution in [1.29, 1.82) is 0 Å². The maximum atomic E-state index is 13.4. The van der Waals surface area contributed by atoms with E-state index in [1.807, 2.05) is 0 Å². The minimum Gasteiger partial charge on any atom is -0.394 e. The lowest BCUT2D eigenvalue weighted by molar-refractivity contribution is -0.160. The third-order valence-electron chi connectivity index (χ3n) is 6.94. The first-order chi connectivity index (χ1) is 16.1. The molecule has 10 heteroatoms. The molecule has 1 aliphatic carbocycles. The van der Waals surface area contributed by atoms with E-state index in [4.69, 9.17) is 5.73 Å². The molecule has 4 rings (SSSR count). The SMILES string of the molecule is CN1C(=O)C(C(N)=O)(C(=O)NC2(CO)CCCC2)C(O)c2ncc(Cc3ccc(F)cc3)cc21. The zero-order valence-corrected chi connectivity index (χ0v) is 18.8. The van der Waals surface area contributed by atoms with Gasteiger partial charge in [-0.25, -0.2) is 4.39 Å². The van der Waals surface area contributed by atoms with E-state index in [0.717, 1.165) is 23.3 Å². The first-order valence-corrected chi connectivity index (χ1v) is 11.1. The van der Waals surface area contributed by atoms with Gasteiger partial charge in [-0.05, 0) is 48.6 Å². The van der Waals surface area contributed by atoms with Gasteiger partial charge in [-0.3, -0.25) is 19.4 Å². The lowest BCUT2D eigenvalue weighted by Crippen LogP contribution is -2.67. The third kappa shape index (κ3) is 3.72. The van der Waals surface area contributed by atoms with Crippen molar-refractivity contribution in [3.63, 3.8) is 0 Å². The van der Waals surface area contributed by atoms with E-state index in [0.29, 0.717) is 24.8 Å². The van der Waals surface area contributed by atoms with Crippen molar-refractivity contribution in [2.24, 2.45) is 11.1 Å². The maximum absolute atomic E-state index is 13.4. The summed E-state index contributed by atoms with van der Waals surface area (Å²) < 4.78 is 13.2. The number of rotatable bonds is 6. The van der Waals surface area contributed by atoms with Crippen molar-refractivity contribution in [2.45, 2.75) is 43.7 Å². The van der Waals surface area contributed by atoms with Gasteiger partial charge in [0, 0.05) is 13.2 Å². The Morgan fingerprint density at radius 2 is 1.88 bits per heavy atom. The number of anilines is 1. The molecule has 2 aromatic rings. The molecule has 0 saturated heterocycles. The van der Waals surface area contributed by atoms with E-state index < -0.39 is 34.8 Å². The Kier molecular flexibility index (Phi) is 6.13. The first kappa shape index (κ1) is 23.8. The molecule has 1 aliphatic heterocycles. The van der Waals surface area contributed by atoms with Crippen molar-refractivity contribution in [3.05, 3.63) is 59.2 Å². The molecule has 1 aromatic carbocycles. The predicted molar refractivity (Wildman–Crippen MR) is 120 cm³/mol. The lowest BCUT2D eigenvalue weighted by atomic mass is 9.73. The van der Waals surface area contributed by atoms with Gasteiger partial charge < -0.3 is 26.2 Å². The highest BCUT2D eigenvalue weighted by atomic mass is 19.1. The van der Waals surface area contributed by atoms with E-state index in [2.05, 4.69) is 10.3 Å². The quantitative estimate of drug-likeness (QED) is 0.458. The smallest absolute Gasteiger partial charge is 0.255 e. The molecule has 0 radical (unpaired) electrons. The van der Waals surface area contributed by atoms with Crippen LogP contribution in [-0.4, -0.2) is 52.1 Å². The number of amides is 3. The molecular weight excluding hydrogens is 443 g/mol. The summed E-state index contributed by atoms with van der Waals surface area (Å²) in [5.41, 5.74) is 3.66. The number of halogens is 1. The summed E-state index contributed by atoms with van der Waals surface area (Å²) >= 11 is 0. The van der Waals surface area contributed by atoms with Crippen LogP contribution in [0.5, 0.6) is 0 Å². The van der Waals surface area contributed by atoms with Gasteiger partial charge in [-0.15, -0.1) is 0 Å². The number of nitrogens with two attached hydrogens (primary N) is 1. The third-order valence-corrected chi connectivity index (χ3v) is 6.94. The Morgan fingerprint density at radius 3 is 2.47 bits per heavy atom. The van der Waals surface area contributed by atoms with Gasteiger partial charge in [-0.2, -0.15) is 0 Å². The molecule has 2 atom stereocenters. The Labute approximate surface area is 195 Å². The summed E-state index contributed by atoms with van der Waals surface area (Å²) in [6.45, 7) is -0.366. The number of carbonyl (C=O) groups is 3. The first-order valence-electron chi connectivity index (χ1n) is 11.1. The van der Waals surface area contributed by atoms with Crippen molar-refractivity contribution in [3.8, 4) is 0 Å². The largest absolute Gasteiger partial charge is 0.394 e. The van der Waals surface area contributed by atoms with Crippen molar-refractivity contribution >= 4 is 23.4 Å². The van der Waals surface area contributed by atoms with Crippen molar-refractivity contribution < 1.29 is 29.0 Å². The second-order valence-corrected chi connectivity index (χ2v) is 9.09. The number of nitrogens with zero attached hydrogens (tertiary/aromatic N) is 2. The Morgan fingerprint density at radius 1 is 1.24 bits per heavy atom. The van der Waals surface area contributed by atoms with Gasteiger partial charge in [-0.1, -0.05) is 25.0 Å². The Balaban J connectivity index is 1.71. The number of pyridine rings is 1. The van der Waals surface area contributed by atoms with Crippen LogP contribution in [-0.2, 0) is 20.8 Å². The number of hydrogen-bond donors (Lipinski definition) is 4. The van der Waals surface area contributed by atoms with Gasteiger partial charge in [0.05, 0.1) is 23.5 Å². The molecule has 1 saturated carbocycles. The highest BCUT2D eigenvalue weighted by Gasteiger charge is 2.63. The number of hydrogen-bond acceptors (Lipinski definition) is 6. The lowest BCUT2D eigenvalue weighted by Gasteiger charge is -2.42. The second-order valence-electron chi connectivity index (χ2n) is 9.09. The predicted octanol–water partition coefficient (Wildman–Crippen LogP) is 0.714. The fourth-order valence-corrected chi connectivity index (χ4v) is 4.90. The molecular formula is C24H27FN4O5. The zero-order chi connectivity index (χ0) is 24.7. The second kappa shape index (κ2) is 8.77. The summed E-state index contributed by atoms with van der Waals surface area (Å²) in [5, 5.41) is 23.7. The van der Waals surface area contributed by atoms with Crippen LogP contribution in [0.3, 0.4) is 0 Å². The Hall–Kier alpha value is -3.37. The van der Waals surface area contributed by atoms with Crippen LogP contribution in [0, 0.1) is 11.2 Å². The van der Waals surface area contributed by atoms with Crippen LogP contribution in [0.25, 0.3) is 0 Å². The number of fused-ring (bicyclic) bond motifs is 1. The van der Waals surface area contributed by atoms with Crippen LogP contribution in [0.1, 0.15) is 48.6 Å². The van der Waals surface area contributed by atoms with Crippen LogP contribution in [0.15, 0.2) is 36.5 Å². The molecule has 34 heavy (non-hydrogen) atoms. The molecule has 0 bridgehead atoms. The molecule has 2 aliphatic rings. The molecule has 1 fully saturated rings. The normalized spacial score (nSPS) is 23.5. The minimum absolute atomic E-state index is 0.0385. The molecule has 9 nitrogen and oxygen atoms in total. The summed E-state index contributed by atoms with van der Waals surface area (Å²) in [6.07, 6.45) is 2.42. The summed E-state index contributed by atoms with van der Waals surface area (Å²) in [7, 11) is 1.37. The Bertz CT molecular complexity index is 1130. The number of aliphatic hydroxyl groups is 2. The molecule has 2 unspecified atom stereocenters. The van der Waals surface area contributed by atoms with Crippen LogP contribution < -0.4 is 16.0 Å². The summed E-state index contributed by atoms with van der Waals surface area (Å²) in [4.78, 5) is 44.8. The fourth-order valence-electron chi connectivity index (χ4n) is 4.90. The zero-order valence-electron chi connectivity index (χ0n) is 18.8. The number of aliphatic hydroxyl groups excluding tert-OH is 2. The summed E-state index contributed by atoms with van der Waals surface area (Å²) in [6, 6.07) is 7.55.